The van der Waals surface area contributed by atoms with E-state index in [2.05, 4.69) is 16.5 Å². The Kier molecular flexibility index (Phi) is 5.79. The highest BCUT2D eigenvalue weighted by molar-refractivity contribution is 7.89. The van der Waals surface area contributed by atoms with Crippen LogP contribution in [0.2, 0.25) is 0 Å². The maximum atomic E-state index is 12.2. The van der Waals surface area contributed by atoms with Gasteiger partial charge in [-0.25, -0.2) is 13.1 Å². The van der Waals surface area contributed by atoms with Gasteiger partial charge in [0.1, 0.15) is 0 Å². The highest BCUT2D eigenvalue weighted by atomic mass is 32.2. The van der Waals surface area contributed by atoms with Gasteiger partial charge in [-0.15, -0.1) is 0 Å². The molecule has 0 bridgehead atoms. The molecule has 1 aliphatic rings. The van der Waals surface area contributed by atoms with Crippen LogP contribution in [0.4, 0.5) is 0 Å². The number of hydrogen-bond donors (Lipinski definition) is 1. The lowest BCUT2D eigenvalue weighted by molar-refractivity contribution is 0.147. The second kappa shape index (κ2) is 7.38. The normalized spacial score (nSPS) is 20.6. The highest BCUT2D eigenvalue weighted by Crippen LogP contribution is 2.18. The van der Waals surface area contributed by atoms with E-state index in [1.165, 1.54) is 19.3 Å². The Morgan fingerprint density at radius 3 is 2.62 bits per heavy atom. The van der Waals surface area contributed by atoms with Gasteiger partial charge in [-0.2, -0.15) is 0 Å². The Labute approximate surface area is 128 Å². The molecule has 1 fully saturated rings. The van der Waals surface area contributed by atoms with Crippen LogP contribution in [0.1, 0.15) is 38.2 Å². The minimum Gasteiger partial charge on any atom is -0.299 e. The molecule has 2 rings (SSSR count). The van der Waals surface area contributed by atoms with Crippen molar-refractivity contribution in [2.75, 3.05) is 19.6 Å². The lowest BCUT2D eigenvalue weighted by Crippen LogP contribution is -2.43. The summed E-state index contributed by atoms with van der Waals surface area (Å²) in [6, 6.07) is 7.59. The number of hydrogen-bond acceptors (Lipinski definition) is 3. The Balaban J connectivity index is 1.88. The fourth-order valence-corrected chi connectivity index (χ4v) is 3.96. The second-order valence-electron chi connectivity index (χ2n) is 5.80. The van der Waals surface area contributed by atoms with E-state index in [0.29, 0.717) is 17.5 Å². The van der Waals surface area contributed by atoms with Gasteiger partial charge >= 0.3 is 0 Å². The molecule has 0 aliphatic carbocycles. The van der Waals surface area contributed by atoms with Gasteiger partial charge in [-0.1, -0.05) is 31.0 Å². The molecule has 1 atom stereocenters. The first-order chi connectivity index (χ1) is 10.0. The molecule has 0 saturated carbocycles. The summed E-state index contributed by atoms with van der Waals surface area (Å²) in [5.41, 5.74) is 1.06. The fraction of sp³-hybridized carbons (Fsp3) is 0.625. The standard InChI is InChI=1S/C16H26N2O2S/c1-3-15-6-4-5-12-18(15)13-11-17-21(19,20)16-9-7-14(2)8-10-16/h7-10,15,17H,3-6,11-13H2,1-2H3. The van der Waals surface area contributed by atoms with E-state index in [9.17, 15) is 8.42 Å². The summed E-state index contributed by atoms with van der Waals surface area (Å²) in [6.07, 6.45) is 4.90. The van der Waals surface area contributed by atoms with Crippen LogP contribution >= 0.6 is 0 Å². The first-order valence-corrected chi connectivity index (χ1v) is 9.31. The molecule has 21 heavy (non-hydrogen) atoms. The van der Waals surface area contributed by atoms with Crippen molar-refractivity contribution in [3.63, 3.8) is 0 Å². The third-order valence-corrected chi connectivity index (χ3v) is 5.72. The summed E-state index contributed by atoms with van der Waals surface area (Å²) >= 11 is 0. The van der Waals surface area contributed by atoms with Crippen molar-refractivity contribution in [3.05, 3.63) is 29.8 Å². The average molecular weight is 310 g/mol. The molecule has 1 aliphatic heterocycles. The summed E-state index contributed by atoms with van der Waals surface area (Å²) in [7, 11) is -3.38. The van der Waals surface area contributed by atoms with E-state index in [1.54, 1.807) is 12.1 Å². The summed E-state index contributed by atoms with van der Waals surface area (Å²) in [5.74, 6) is 0. The van der Waals surface area contributed by atoms with E-state index >= 15 is 0 Å². The Morgan fingerprint density at radius 1 is 1.24 bits per heavy atom. The van der Waals surface area contributed by atoms with Crippen molar-refractivity contribution in [1.82, 2.24) is 9.62 Å². The second-order valence-corrected chi connectivity index (χ2v) is 7.57. The number of likely N-dealkylation sites (tertiary alicyclic amines) is 1. The molecular formula is C16H26N2O2S. The number of rotatable bonds is 6. The SMILES string of the molecule is CCC1CCCCN1CCNS(=O)(=O)c1ccc(C)cc1. The third kappa shape index (κ3) is 4.53. The van der Waals surface area contributed by atoms with Crippen LogP contribution in [0.3, 0.4) is 0 Å². The largest absolute Gasteiger partial charge is 0.299 e. The van der Waals surface area contributed by atoms with Crippen molar-refractivity contribution in [2.24, 2.45) is 0 Å². The number of sulfonamides is 1. The van der Waals surface area contributed by atoms with Crippen LogP contribution in [0.25, 0.3) is 0 Å². The van der Waals surface area contributed by atoms with Gasteiger partial charge in [0.25, 0.3) is 0 Å². The van der Waals surface area contributed by atoms with Gasteiger partial charge in [0, 0.05) is 19.1 Å². The molecule has 4 nitrogen and oxygen atoms in total. The molecular weight excluding hydrogens is 284 g/mol. The molecule has 0 radical (unpaired) electrons. The van der Waals surface area contributed by atoms with E-state index in [-0.39, 0.29) is 0 Å². The van der Waals surface area contributed by atoms with Gasteiger partial charge < -0.3 is 0 Å². The first kappa shape index (κ1) is 16.5. The Bertz CT molecular complexity index is 540. The first-order valence-electron chi connectivity index (χ1n) is 7.83. The maximum Gasteiger partial charge on any atom is 0.240 e. The predicted molar refractivity (Wildman–Crippen MR) is 85.9 cm³/mol. The lowest BCUT2D eigenvalue weighted by atomic mass is 10.0. The van der Waals surface area contributed by atoms with Gasteiger partial charge in [-0.3, -0.25) is 4.90 Å². The van der Waals surface area contributed by atoms with Crippen LogP contribution in [0.15, 0.2) is 29.2 Å². The monoisotopic (exact) mass is 310 g/mol. The smallest absolute Gasteiger partial charge is 0.240 e. The summed E-state index contributed by atoms with van der Waals surface area (Å²) in [6.45, 7) is 6.52. The van der Waals surface area contributed by atoms with Gasteiger partial charge in [0.2, 0.25) is 10.0 Å². The fourth-order valence-electron chi connectivity index (χ4n) is 2.94. The van der Waals surface area contributed by atoms with E-state index < -0.39 is 10.0 Å². The zero-order valence-corrected chi connectivity index (χ0v) is 13.8. The maximum absolute atomic E-state index is 12.2. The van der Waals surface area contributed by atoms with Crippen LogP contribution < -0.4 is 4.72 Å². The minimum absolute atomic E-state index is 0.346. The molecule has 1 unspecified atom stereocenters. The summed E-state index contributed by atoms with van der Waals surface area (Å²) in [5, 5.41) is 0. The summed E-state index contributed by atoms with van der Waals surface area (Å²) in [4.78, 5) is 2.76. The zero-order chi connectivity index (χ0) is 15.3. The molecule has 1 N–H and O–H groups in total. The molecule has 1 saturated heterocycles. The molecule has 1 heterocycles. The van der Waals surface area contributed by atoms with Crippen LogP contribution in [-0.2, 0) is 10.0 Å². The lowest BCUT2D eigenvalue weighted by Gasteiger charge is -2.35. The Morgan fingerprint density at radius 2 is 1.95 bits per heavy atom. The third-order valence-electron chi connectivity index (χ3n) is 4.24. The van der Waals surface area contributed by atoms with Gasteiger partial charge in [-0.05, 0) is 44.9 Å². The molecule has 118 valence electrons. The molecule has 1 aromatic rings. The van der Waals surface area contributed by atoms with Crippen molar-refractivity contribution >= 4 is 10.0 Å². The molecule has 1 aromatic carbocycles. The van der Waals surface area contributed by atoms with Gasteiger partial charge in [0.05, 0.1) is 4.90 Å². The minimum atomic E-state index is -3.38. The number of aryl methyl sites for hydroxylation is 1. The number of nitrogens with zero attached hydrogens (tertiary/aromatic N) is 1. The van der Waals surface area contributed by atoms with Crippen molar-refractivity contribution < 1.29 is 8.42 Å². The van der Waals surface area contributed by atoms with Crippen molar-refractivity contribution in [2.45, 2.75) is 50.5 Å². The van der Waals surface area contributed by atoms with Gasteiger partial charge in [0.15, 0.2) is 0 Å². The highest BCUT2D eigenvalue weighted by Gasteiger charge is 2.21. The van der Waals surface area contributed by atoms with Crippen LogP contribution in [-0.4, -0.2) is 39.0 Å². The predicted octanol–water partition coefficient (Wildman–Crippen LogP) is 2.54. The van der Waals surface area contributed by atoms with E-state index in [4.69, 9.17) is 0 Å². The quantitative estimate of drug-likeness (QED) is 0.878. The van der Waals surface area contributed by atoms with Crippen molar-refractivity contribution in [3.8, 4) is 0 Å². The molecule has 0 amide bonds. The Hall–Kier alpha value is -0.910. The molecule has 0 aromatic heterocycles. The molecule has 5 heteroatoms. The topological polar surface area (TPSA) is 49.4 Å². The molecule has 0 spiro atoms. The van der Waals surface area contributed by atoms with E-state index in [1.807, 2.05) is 19.1 Å². The number of nitrogens with one attached hydrogen (secondary N) is 1. The zero-order valence-electron chi connectivity index (χ0n) is 13.0. The number of piperidine rings is 1. The van der Waals surface area contributed by atoms with Crippen molar-refractivity contribution in [1.29, 1.82) is 0 Å². The van der Waals surface area contributed by atoms with Crippen LogP contribution in [0.5, 0.6) is 0 Å². The average Bonchev–Trinajstić information content (AvgIpc) is 2.48. The number of benzene rings is 1. The van der Waals surface area contributed by atoms with E-state index in [0.717, 1.165) is 25.1 Å². The summed E-state index contributed by atoms with van der Waals surface area (Å²) < 4.78 is 27.1. The van der Waals surface area contributed by atoms with Crippen LogP contribution in [0, 0.1) is 6.92 Å².